The van der Waals surface area contributed by atoms with Crippen LogP contribution in [0.2, 0.25) is 6.82 Å². The molecule has 0 bridgehead atoms. The van der Waals surface area contributed by atoms with Gasteiger partial charge in [0.05, 0.1) is 5.69 Å². The van der Waals surface area contributed by atoms with Crippen LogP contribution in [0, 0.1) is 0 Å². The van der Waals surface area contributed by atoms with Crippen molar-refractivity contribution in [3.05, 3.63) is 24.3 Å². The molecule has 1 radical (unpaired) electrons. The number of nitrogens with zero attached hydrogens (tertiary/aromatic N) is 2. The summed E-state index contributed by atoms with van der Waals surface area (Å²) in [4.78, 5) is 8.41. The smallest absolute Gasteiger partial charge is 0.202 e. The third kappa shape index (κ3) is 9.87. The summed E-state index contributed by atoms with van der Waals surface area (Å²) in [5.41, 5.74) is 0.932. The van der Waals surface area contributed by atoms with E-state index in [9.17, 15) is 0 Å². The van der Waals surface area contributed by atoms with Crippen molar-refractivity contribution in [2.45, 2.75) is 65.6 Å². The van der Waals surface area contributed by atoms with Gasteiger partial charge in [-0.25, -0.2) is 0 Å². The van der Waals surface area contributed by atoms with E-state index in [0.29, 0.717) is 6.61 Å². The van der Waals surface area contributed by atoms with E-state index in [1.165, 1.54) is 12.8 Å². The summed E-state index contributed by atoms with van der Waals surface area (Å²) in [5, 5.41) is 3.28. The second-order valence-electron chi connectivity index (χ2n) is 4.84. The number of hydrogen-bond acceptors (Lipinski definition) is 5. The van der Waals surface area contributed by atoms with Crippen LogP contribution in [-0.4, -0.2) is 37.4 Å². The number of hydrogen-bond donors (Lipinski definition) is 1. The Labute approximate surface area is 136 Å². The Morgan fingerprint density at radius 2 is 1.91 bits per heavy atom. The molecule has 6 heteroatoms. The van der Waals surface area contributed by atoms with Gasteiger partial charge in [0.1, 0.15) is 0 Å². The van der Waals surface area contributed by atoms with E-state index >= 15 is 0 Å². The Morgan fingerprint density at radius 1 is 1.18 bits per heavy atom. The number of methoxy groups -OCH3 is 1. The summed E-state index contributed by atoms with van der Waals surface area (Å²) in [6.07, 6.45) is 9.33. The van der Waals surface area contributed by atoms with Crippen molar-refractivity contribution in [3.8, 4) is 0 Å². The van der Waals surface area contributed by atoms with Crippen molar-refractivity contribution in [2.24, 2.45) is 0 Å². The van der Waals surface area contributed by atoms with Crippen molar-refractivity contribution in [2.75, 3.05) is 13.7 Å². The van der Waals surface area contributed by atoms with Crippen LogP contribution in [0.3, 0.4) is 0 Å². The first-order chi connectivity index (χ1) is 10.7. The van der Waals surface area contributed by atoms with Crippen LogP contribution in [0.1, 0.15) is 58.2 Å². The second kappa shape index (κ2) is 14.9. The molecule has 0 aliphatic heterocycles. The molecule has 1 aromatic heterocycles. The van der Waals surface area contributed by atoms with Gasteiger partial charge >= 0.3 is 0 Å². The van der Waals surface area contributed by atoms with Gasteiger partial charge in [0.15, 0.2) is 6.29 Å². The summed E-state index contributed by atoms with van der Waals surface area (Å²) in [7, 11) is 3.58. The standard InChI is InChI=1S/C12H21BN3O2.C4H10/c1-4-18-12(17-3)6-5-10(16-13-2)11-9-14-7-8-15-11;1-3-4-2/h7-10,12,16H,4-6H2,1-3H3;3-4H2,1-2H3. The fourth-order valence-corrected chi connectivity index (χ4v) is 1.77. The Hall–Kier alpha value is -0.975. The first-order valence-electron chi connectivity index (χ1n) is 8.17. The highest BCUT2D eigenvalue weighted by Gasteiger charge is 2.15. The molecule has 0 aliphatic carbocycles. The highest BCUT2D eigenvalue weighted by molar-refractivity contribution is 6.30. The van der Waals surface area contributed by atoms with Crippen LogP contribution >= 0.6 is 0 Å². The third-order valence-corrected chi connectivity index (χ3v) is 3.11. The molecule has 0 saturated carbocycles. The minimum atomic E-state index is -0.159. The van der Waals surface area contributed by atoms with Gasteiger partial charge in [0.25, 0.3) is 0 Å². The molecule has 0 spiro atoms. The Kier molecular flexibility index (Phi) is 14.3. The third-order valence-electron chi connectivity index (χ3n) is 3.11. The van der Waals surface area contributed by atoms with Crippen LogP contribution in [0.15, 0.2) is 18.6 Å². The molecule has 5 nitrogen and oxygen atoms in total. The van der Waals surface area contributed by atoms with Crippen molar-refractivity contribution >= 4 is 7.41 Å². The predicted molar refractivity (Wildman–Crippen MR) is 91.8 cm³/mol. The van der Waals surface area contributed by atoms with Crippen molar-refractivity contribution in [3.63, 3.8) is 0 Å². The van der Waals surface area contributed by atoms with Crippen LogP contribution in [0.25, 0.3) is 0 Å². The number of aromatic nitrogens is 2. The first kappa shape index (κ1) is 21.0. The van der Waals surface area contributed by atoms with E-state index in [-0.39, 0.29) is 12.3 Å². The van der Waals surface area contributed by atoms with E-state index in [0.717, 1.165) is 18.5 Å². The summed E-state index contributed by atoms with van der Waals surface area (Å²) in [6, 6.07) is 0.141. The van der Waals surface area contributed by atoms with E-state index in [2.05, 4.69) is 29.0 Å². The zero-order valence-electron chi connectivity index (χ0n) is 14.7. The highest BCUT2D eigenvalue weighted by Crippen LogP contribution is 2.17. The Balaban J connectivity index is 0.000000980. The van der Waals surface area contributed by atoms with Gasteiger partial charge in [0, 0.05) is 44.8 Å². The average Bonchev–Trinajstić information content (AvgIpc) is 2.58. The molecular weight excluding hydrogens is 277 g/mol. The number of nitrogens with one attached hydrogen (secondary N) is 1. The predicted octanol–water partition coefficient (Wildman–Crippen LogP) is 3.37. The summed E-state index contributed by atoms with van der Waals surface area (Å²) >= 11 is 0. The molecule has 1 heterocycles. The highest BCUT2D eigenvalue weighted by atomic mass is 16.7. The Morgan fingerprint density at radius 3 is 2.36 bits per heavy atom. The SMILES string of the molecule is CCCC.C[B]NC(CCC(OC)OCC)c1cnccn1. The van der Waals surface area contributed by atoms with E-state index < -0.39 is 0 Å². The van der Waals surface area contributed by atoms with E-state index in [4.69, 9.17) is 9.47 Å². The zero-order valence-corrected chi connectivity index (χ0v) is 14.7. The van der Waals surface area contributed by atoms with Crippen LogP contribution in [-0.2, 0) is 9.47 Å². The summed E-state index contributed by atoms with van der Waals surface area (Å²) in [5.74, 6) is 0. The molecule has 1 rings (SSSR count). The molecule has 0 aliphatic rings. The minimum absolute atomic E-state index is 0.141. The van der Waals surface area contributed by atoms with E-state index in [1.807, 2.05) is 21.2 Å². The molecule has 125 valence electrons. The maximum absolute atomic E-state index is 5.46. The van der Waals surface area contributed by atoms with E-state index in [1.54, 1.807) is 25.7 Å². The maximum atomic E-state index is 5.46. The maximum Gasteiger partial charge on any atom is 0.202 e. The van der Waals surface area contributed by atoms with Crippen LogP contribution in [0.5, 0.6) is 0 Å². The molecule has 1 aromatic rings. The van der Waals surface area contributed by atoms with Gasteiger partial charge in [-0.3, -0.25) is 9.97 Å². The first-order valence-corrected chi connectivity index (χ1v) is 8.17. The molecule has 0 saturated heterocycles. The Bertz CT molecular complexity index is 339. The molecular formula is C16H31BN3O2. The molecule has 2 unspecified atom stereocenters. The molecule has 2 atom stereocenters. The minimum Gasteiger partial charge on any atom is -0.356 e. The number of unbranched alkanes of at least 4 members (excludes halogenated alkanes) is 1. The van der Waals surface area contributed by atoms with Crippen molar-refractivity contribution < 1.29 is 9.47 Å². The fraction of sp³-hybridized carbons (Fsp3) is 0.750. The van der Waals surface area contributed by atoms with Gasteiger partial charge < -0.3 is 14.7 Å². The molecule has 22 heavy (non-hydrogen) atoms. The average molecular weight is 308 g/mol. The van der Waals surface area contributed by atoms with Gasteiger partial charge in [-0.2, -0.15) is 0 Å². The summed E-state index contributed by atoms with van der Waals surface area (Å²) in [6.45, 7) is 8.94. The lowest BCUT2D eigenvalue weighted by molar-refractivity contribution is -0.125. The molecule has 1 N–H and O–H groups in total. The number of rotatable bonds is 10. The quantitative estimate of drug-likeness (QED) is 0.530. The lowest BCUT2D eigenvalue weighted by Gasteiger charge is -2.20. The van der Waals surface area contributed by atoms with Crippen molar-refractivity contribution in [1.82, 2.24) is 15.2 Å². The normalized spacial score (nSPS) is 13.0. The number of ether oxygens (including phenoxy) is 2. The molecule has 0 amide bonds. The summed E-state index contributed by atoms with van der Waals surface area (Å²) < 4.78 is 10.7. The monoisotopic (exact) mass is 308 g/mol. The van der Waals surface area contributed by atoms with Crippen LogP contribution < -0.4 is 5.23 Å². The van der Waals surface area contributed by atoms with Gasteiger partial charge in [-0.1, -0.05) is 33.5 Å². The second-order valence-corrected chi connectivity index (χ2v) is 4.84. The largest absolute Gasteiger partial charge is 0.356 e. The lowest BCUT2D eigenvalue weighted by atomic mass is 9.95. The van der Waals surface area contributed by atoms with Crippen LogP contribution in [0.4, 0.5) is 0 Å². The molecule has 0 aromatic carbocycles. The fourth-order valence-electron chi connectivity index (χ4n) is 1.77. The molecule has 0 fully saturated rings. The zero-order chi connectivity index (χ0) is 16.6. The van der Waals surface area contributed by atoms with Gasteiger partial charge in [-0.05, 0) is 13.3 Å². The van der Waals surface area contributed by atoms with Crippen molar-refractivity contribution in [1.29, 1.82) is 0 Å². The van der Waals surface area contributed by atoms with Gasteiger partial charge in [0.2, 0.25) is 7.41 Å². The van der Waals surface area contributed by atoms with Gasteiger partial charge in [-0.15, -0.1) is 0 Å². The lowest BCUT2D eigenvalue weighted by Crippen LogP contribution is -2.26. The topological polar surface area (TPSA) is 56.3 Å².